The van der Waals surface area contributed by atoms with Crippen molar-refractivity contribution in [3.63, 3.8) is 0 Å². The number of benzene rings is 1. The Kier molecular flexibility index (Phi) is 5.05. The highest BCUT2D eigenvalue weighted by Gasteiger charge is 2.14. The molecule has 0 aliphatic carbocycles. The summed E-state index contributed by atoms with van der Waals surface area (Å²) in [6.07, 6.45) is 2.90. The van der Waals surface area contributed by atoms with Crippen molar-refractivity contribution in [1.82, 2.24) is 15.5 Å². The monoisotopic (exact) mass is 288 g/mol. The lowest BCUT2D eigenvalue weighted by Crippen LogP contribution is -2.28. The van der Waals surface area contributed by atoms with Gasteiger partial charge in [-0.3, -0.25) is 14.7 Å². The Morgan fingerprint density at radius 2 is 2.10 bits per heavy atom. The molecule has 21 heavy (non-hydrogen) atoms. The lowest BCUT2D eigenvalue weighted by Gasteiger charge is -2.10. The normalized spacial score (nSPS) is 10.1. The van der Waals surface area contributed by atoms with Crippen molar-refractivity contribution in [2.45, 2.75) is 0 Å². The van der Waals surface area contributed by atoms with E-state index in [1.165, 1.54) is 12.4 Å². The van der Waals surface area contributed by atoms with Crippen molar-refractivity contribution in [2.75, 3.05) is 25.6 Å². The van der Waals surface area contributed by atoms with Gasteiger partial charge in [0.1, 0.15) is 0 Å². The van der Waals surface area contributed by atoms with Crippen LogP contribution in [-0.4, -0.2) is 42.3 Å². The van der Waals surface area contributed by atoms with Crippen LogP contribution < -0.4 is 10.6 Å². The number of aromatic amines is 1. The topological polar surface area (TPSA) is 96.1 Å². The molecule has 7 nitrogen and oxygen atoms in total. The Balaban J connectivity index is 2.09. The molecule has 2 aromatic rings. The summed E-state index contributed by atoms with van der Waals surface area (Å²) in [7, 11) is 1.56. The van der Waals surface area contributed by atoms with Crippen molar-refractivity contribution < 1.29 is 14.3 Å². The maximum atomic E-state index is 12.1. The number of hydrogen-bond acceptors (Lipinski definition) is 4. The van der Waals surface area contributed by atoms with Crippen molar-refractivity contribution in [3.8, 4) is 0 Å². The van der Waals surface area contributed by atoms with E-state index in [1.54, 1.807) is 31.4 Å². The summed E-state index contributed by atoms with van der Waals surface area (Å²) in [6, 6.07) is 6.80. The first-order valence-corrected chi connectivity index (χ1v) is 6.38. The van der Waals surface area contributed by atoms with Crippen LogP contribution in [0.2, 0.25) is 0 Å². The minimum absolute atomic E-state index is 0.268. The molecule has 0 saturated carbocycles. The molecule has 1 heterocycles. The number of carbonyl (C=O) groups is 2. The number of methoxy groups -OCH3 is 1. The zero-order valence-corrected chi connectivity index (χ0v) is 11.6. The zero-order valence-electron chi connectivity index (χ0n) is 11.6. The highest BCUT2D eigenvalue weighted by Crippen LogP contribution is 2.16. The molecule has 0 aliphatic rings. The van der Waals surface area contributed by atoms with E-state index in [0.29, 0.717) is 30.0 Å². The number of carbonyl (C=O) groups excluding carboxylic acids is 2. The molecular weight excluding hydrogens is 272 g/mol. The van der Waals surface area contributed by atoms with Crippen LogP contribution in [0.25, 0.3) is 0 Å². The number of anilines is 1. The maximum Gasteiger partial charge on any atom is 0.258 e. The largest absolute Gasteiger partial charge is 0.383 e. The third-order valence-corrected chi connectivity index (χ3v) is 2.77. The van der Waals surface area contributed by atoms with Gasteiger partial charge >= 0.3 is 0 Å². The van der Waals surface area contributed by atoms with Crippen molar-refractivity contribution in [3.05, 3.63) is 47.8 Å². The molecule has 7 heteroatoms. The second-order valence-corrected chi connectivity index (χ2v) is 4.24. The van der Waals surface area contributed by atoms with Gasteiger partial charge in [-0.05, 0) is 12.1 Å². The first kappa shape index (κ1) is 14.7. The summed E-state index contributed by atoms with van der Waals surface area (Å²) in [5, 5.41) is 11.7. The van der Waals surface area contributed by atoms with Gasteiger partial charge in [-0.1, -0.05) is 12.1 Å². The predicted octanol–water partition coefficient (Wildman–Crippen LogP) is 1.04. The van der Waals surface area contributed by atoms with E-state index in [-0.39, 0.29) is 11.8 Å². The average molecular weight is 288 g/mol. The highest BCUT2D eigenvalue weighted by atomic mass is 16.5. The molecule has 0 bridgehead atoms. The molecule has 0 saturated heterocycles. The Hall–Kier alpha value is -2.67. The van der Waals surface area contributed by atoms with Crippen LogP contribution in [0.3, 0.4) is 0 Å². The van der Waals surface area contributed by atoms with Crippen LogP contribution >= 0.6 is 0 Å². The Morgan fingerprint density at radius 3 is 2.81 bits per heavy atom. The Labute approximate surface area is 121 Å². The highest BCUT2D eigenvalue weighted by molar-refractivity contribution is 6.08. The zero-order chi connectivity index (χ0) is 15.1. The fourth-order valence-electron chi connectivity index (χ4n) is 1.72. The number of H-pyrrole nitrogens is 1. The summed E-state index contributed by atoms with van der Waals surface area (Å²) in [5.41, 5.74) is 1.23. The molecule has 1 aromatic heterocycles. The molecule has 2 rings (SSSR count). The van der Waals surface area contributed by atoms with Gasteiger partial charge in [0.2, 0.25) is 0 Å². The third kappa shape index (κ3) is 3.90. The number of nitrogens with one attached hydrogen (secondary N) is 3. The van der Waals surface area contributed by atoms with Gasteiger partial charge in [-0.2, -0.15) is 5.10 Å². The van der Waals surface area contributed by atoms with Gasteiger partial charge in [0.25, 0.3) is 11.8 Å². The molecule has 0 atom stereocenters. The quantitative estimate of drug-likeness (QED) is 0.692. The van der Waals surface area contributed by atoms with Gasteiger partial charge in [-0.25, -0.2) is 0 Å². The van der Waals surface area contributed by atoms with E-state index in [1.807, 2.05) is 0 Å². The van der Waals surface area contributed by atoms with E-state index in [9.17, 15) is 9.59 Å². The Bertz CT molecular complexity index is 610. The predicted molar refractivity (Wildman–Crippen MR) is 77.2 cm³/mol. The average Bonchev–Trinajstić information content (AvgIpc) is 3.02. The van der Waals surface area contributed by atoms with E-state index in [4.69, 9.17) is 4.74 Å². The molecule has 0 aliphatic heterocycles. The van der Waals surface area contributed by atoms with E-state index < -0.39 is 0 Å². The van der Waals surface area contributed by atoms with Crippen molar-refractivity contribution in [2.24, 2.45) is 0 Å². The minimum Gasteiger partial charge on any atom is -0.383 e. The van der Waals surface area contributed by atoms with E-state index >= 15 is 0 Å². The van der Waals surface area contributed by atoms with Gasteiger partial charge in [-0.15, -0.1) is 0 Å². The summed E-state index contributed by atoms with van der Waals surface area (Å²) in [6.45, 7) is 0.828. The fraction of sp³-hybridized carbons (Fsp3) is 0.214. The van der Waals surface area contributed by atoms with Gasteiger partial charge in [0.05, 0.1) is 29.6 Å². The number of hydrogen-bond donors (Lipinski definition) is 3. The molecule has 110 valence electrons. The minimum atomic E-state index is -0.333. The summed E-state index contributed by atoms with van der Waals surface area (Å²) >= 11 is 0. The lowest BCUT2D eigenvalue weighted by molar-refractivity contribution is 0.0938. The van der Waals surface area contributed by atoms with Crippen LogP contribution in [0.1, 0.15) is 20.7 Å². The number of rotatable bonds is 6. The van der Waals surface area contributed by atoms with Crippen LogP contribution in [-0.2, 0) is 4.74 Å². The standard InChI is InChI=1S/C14H16N4O3/c1-21-7-6-15-14(20)11-4-2-3-5-12(11)18-13(19)10-8-16-17-9-10/h2-5,8-9H,6-7H2,1H3,(H,15,20)(H,16,17)(H,18,19). The second kappa shape index (κ2) is 7.20. The summed E-state index contributed by atoms with van der Waals surface area (Å²) in [5.74, 6) is -0.601. The van der Waals surface area contributed by atoms with E-state index in [0.717, 1.165) is 0 Å². The molecule has 0 radical (unpaired) electrons. The van der Waals surface area contributed by atoms with Gasteiger partial charge < -0.3 is 15.4 Å². The first-order valence-electron chi connectivity index (χ1n) is 6.38. The van der Waals surface area contributed by atoms with Crippen LogP contribution in [0, 0.1) is 0 Å². The molecular formula is C14H16N4O3. The fourth-order valence-corrected chi connectivity index (χ4v) is 1.72. The maximum absolute atomic E-state index is 12.1. The van der Waals surface area contributed by atoms with Crippen LogP contribution in [0.4, 0.5) is 5.69 Å². The SMILES string of the molecule is COCCNC(=O)c1ccccc1NC(=O)c1cn[nH]c1. The molecule has 3 N–H and O–H groups in total. The molecule has 2 amide bonds. The number of ether oxygens (including phenoxy) is 1. The third-order valence-electron chi connectivity index (χ3n) is 2.77. The summed E-state index contributed by atoms with van der Waals surface area (Å²) < 4.78 is 4.88. The lowest BCUT2D eigenvalue weighted by atomic mass is 10.1. The number of amides is 2. The van der Waals surface area contributed by atoms with Crippen LogP contribution in [0.5, 0.6) is 0 Å². The molecule has 0 spiro atoms. The number of para-hydroxylation sites is 1. The second-order valence-electron chi connectivity index (χ2n) is 4.24. The van der Waals surface area contributed by atoms with Crippen molar-refractivity contribution >= 4 is 17.5 Å². The molecule has 0 fully saturated rings. The van der Waals surface area contributed by atoms with Crippen molar-refractivity contribution in [1.29, 1.82) is 0 Å². The molecule has 1 aromatic carbocycles. The van der Waals surface area contributed by atoms with E-state index in [2.05, 4.69) is 20.8 Å². The Morgan fingerprint density at radius 1 is 1.29 bits per heavy atom. The molecule has 0 unspecified atom stereocenters. The van der Waals surface area contributed by atoms with Crippen LogP contribution in [0.15, 0.2) is 36.7 Å². The van der Waals surface area contributed by atoms with Gasteiger partial charge in [0.15, 0.2) is 0 Å². The van der Waals surface area contributed by atoms with Gasteiger partial charge in [0, 0.05) is 19.9 Å². The smallest absolute Gasteiger partial charge is 0.258 e. The number of aromatic nitrogens is 2. The summed E-state index contributed by atoms with van der Waals surface area (Å²) in [4.78, 5) is 24.1. The first-order chi connectivity index (χ1) is 10.2. The number of nitrogens with zero attached hydrogens (tertiary/aromatic N) is 1.